The van der Waals surface area contributed by atoms with E-state index in [9.17, 15) is 9.59 Å². The second kappa shape index (κ2) is 4.56. The van der Waals surface area contributed by atoms with Crippen molar-refractivity contribution in [3.05, 3.63) is 23.2 Å². The number of aromatic carboxylic acids is 2. The van der Waals surface area contributed by atoms with Crippen molar-refractivity contribution < 1.29 is 24.2 Å². The van der Waals surface area contributed by atoms with E-state index in [0.717, 1.165) is 0 Å². The van der Waals surface area contributed by atoms with Gasteiger partial charge in [0, 0.05) is 6.54 Å². The molecule has 0 unspecified atom stereocenters. The molecule has 8 nitrogen and oxygen atoms in total. The van der Waals surface area contributed by atoms with Gasteiger partial charge in [-0.25, -0.2) is 9.59 Å². The first-order valence-corrected chi connectivity index (χ1v) is 5.46. The van der Waals surface area contributed by atoms with Crippen molar-refractivity contribution in [2.24, 2.45) is 0 Å². The number of carbonyl (C=O) groups is 2. The Bertz CT molecular complexity index is 624. The van der Waals surface area contributed by atoms with Gasteiger partial charge in [0.1, 0.15) is 5.69 Å². The van der Waals surface area contributed by atoms with E-state index in [2.05, 4.69) is 10.1 Å². The summed E-state index contributed by atoms with van der Waals surface area (Å²) < 4.78 is 6.58. The average Bonchev–Trinajstić information content (AvgIpc) is 2.91. The molecule has 2 N–H and O–H groups in total. The lowest BCUT2D eigenvalue weighted by Crippen LogP contribution is -2.05. The van der Waals surface area contributed by atoms with Gasteiger partial charge >= 0.3 is 11.9 Å². The highest BCUT2D eigenvalue weighted by Gasteiger charge is 2.26. The minimum absolute atomic E-state index is 0.0720. The highest BCUT2D eigenvalue weighted by molar-refractivity contribution is 5.98. The quantitative estimate of drug-likeness (QED) is 0.854. The van der Waals surface area contributed by atoms with Gasteiger partial charge in [0.15, 0.2) is 0 Å². The normalized spacial score (nSPS) is 10.6. The van der Waals surface area contributed by atoms with Crippen LogP contribution in [0.1, 0.15) is 33.7 Å². The lowest BCUT2D eigenvalue weighted by Gasteiger charge is -1.98. The number of carboxylic acid groups (broad SMARTS) is 2. The number of aryl methyl sites for hydroxylation is 2. The molecule has 0 saturated carbocycles. The predicted molar refractivity (Wildman–Crippen MR) is 62.1 cm³/mol. The standard InChI is InChI=1S/C11H11N3O5/c1-3-14-6(4-5(2)13-14)9-12-7(10(15)16)8(19-9)11(17)18/h4H,3H2,1-2H3,(H,15,16)(H,17,18). The van der Waals surface area contributed by atoms with E-state index in [1.165, 1.54) is 0 Å². The van der Waals surface area contributed by atoms with Gasteiger partial charge in [-0.15, -0.1) is 0 Å². The highest BCUT2D eigenvalue weighted by atomic mass is 16.4. The van der Waals surface area contributed by atoms with Crippen LogP contribution in [0.2, 0.25) is 0 Å². The summed E-state index contributed by atoms with van der Waals surface area (Å²) in [5.74, 6) is -3.69. The van der Waals surface area contributed by atoms with E-state index in [1.54, 1.807) is 17.7 Å². The fourth-order valence-electron chi connectivity index (χ4n) is 1.68. The Hall–Kier alpha value is -2.64. The summed E-state index contributed by atoms with van der Waals surface area (Å²) in [4.78, 5) is 25.5. The van der Waals surface area contributed by atoms with Crippen molar-refractivity contribution in [2.45, 2.75) is 20.4 Å². The van der Waals surface area contributed by atoms with Gasteiger partial charge in [-0.05, 0) is 19.9 Å². The minimum atomic E-state index is -1.48. The van der Waals surface area contributed by atoms with Crippen LogP contribution >= 0.6 is 0 Å². The molecule has 0 aromatic carbocycles. The summed E-state index contributed by atoms with van der Waals surface area (Å²) in [6.45, 7) is 4.13. The lowest BCUT2D eigenvalue weighted by atomic mass is 10.3. The number of nitrogens with zero attached hydrogens (tertiary/aromatic N) is 3. The zero-order valence-electron chi connectivity index (χ0n) is 10.2. The van der Waals surface area contributed by atoms with Gasteiger partial charge in [0.05, 0.1) is 5.69 Å². The Labute approximate surface area is 107 Å². The van der Waals surface area contributed by atoms with E-state index in [-0.39, 0.29) is 5.89 Å². The predicted octanol–water partition coefficient (Wildman–Crippen LogP) is 1.26. The molecule has 2 heterocycles. The third-order valence-corrected chi connectivity index (χ3v) is 2.44. The van der Waals surface area contributed by atoms with Crippen molar-refractivity contribution in [1.82, 2.24) is 14.8 Å². The summed E-state index contributed by atoms with van der Waals surface area (Å²) in [7, 11) is 0. The van der Waals surface area contributed by atoms with Gasteiger partial charge in [0.25, 0.3) is 0 Å². The van der Waals surface area contributed by atoms with Crippen molar-refractivity contribution >= 4 is 11.9 Å². The summed E-state index contributed by atoms with van der Waals surface area (Å²) in [5, 5.41) is 21.9. The van der Waals surface area contributed by atoms with Crippen LogP contribution in [0.3, 0.4) is 0 Å². The molecule has 0 fully saturated rings. The summed E-state index contributed by atoms with van der Waals surface area (Å²) in [6.07, 6.45) is 0. The van der Waals surface area contributed by atoms with E-state index in [1.807, 2.05) is 6.92 Å². The van der Waals surface area contributed by atoms with Crippen molar-refractivity contribution in [3.63, 3.8) is 0 Å². The highest BCUT2D eigenvalue weighted by Crippen LogP contribution is 2.23. The summed E-state index contributed by atoms with van der Waals surface area (Å²) in [6, 6.07) is 1.65. The van der Waals surface area contributed by atoms with Gasteiger partial charge in [-0.3, -0.25) is 4.68 Å². The summed E-state index contributed by atoms with van der Waals surface area (Å²) in [5.41, 5.74) is 0.516. The lowest BCUT2D eigenvalue weighted by molar-refractivity contribution is 0.0624. The van der Waals surface area contributed by atoms with Crippen LogP contribution in [-0.4, -0.2) is 36.9 Å². The number of rotatable bonds is 4. The van der Waals surface area contributed by atoms with Gasteiger partial charge in [-0.1, -0.05) is 0 Å². The fourth-order valence-corrected chi connectivity index (χ4v) is 1.68. The average molecular weight is 265 g/mol. The number of aromatic nitrogens is 3. The number of hydrogen-bond donors (Lipinski definition) is 2. The first-order valence-electron chi connectivity index (χ1n) is 5.46. The van der Waals surface area contributed by atoms with Crippen LogP contribution in [0.25, 0.3) is 11.6 Å². The SMILES string of the molecule is CCn1nc(C)cc1-c1nc(C(=O)O)c(C(=O)O)o1. The molecule has 0 spiro atoms. The maximum absolute atomic E-state index is 10.9. The molecular weight excluding hydrogens is 254 g/mol. The first kappa shape index (κ1) is 12.8. The molecule has 2 rings (SSSR count). The number of hydrogen-bond acceptors (Lipinski definition) is 5. The molecule has 0 radical (unpaired) electrons. The Kier molecular flexibility index (Phi) is 3.07. The second-order valence-corrected chi connectivity index (χ2v) is 3.79. The molecule has 19 heavy (non-hydrogen) atoms. The monoisotopic (exact) mass is 265 g/mol. The molecule has 0 aliphatic carbocycles. The van der Waals surface area contributed by atoms with E-state index >= 15 is 0 Å². The Morgan fingerprint density at radius 2 is 2.05 bits per heavy atom. The van der Waals surface area contributed by atoms with Crippen molar-refractivity contribution in [2.75, 3.05) is 0 Å². The maximum Gasteiger partial charge on any atom is 0.374 e. The van der Waals surface area contributed by atoms with Crippen LogP contribution in [0.15, 0.2) is 10.5 Å². The zero-order valence-corrected chi connectivity index (χ0v) is 10.2. The molecule has 0 atom stereocenters. The molecular formula is C11H11N3O5. The molecule has 0 saturated heterocycles. The third kappa shape index (κ3) is 2.19. The van der Waals surface area contributed by atoms with Crippen LogP contribution in [0.4, 0.5) is 0 Å². The smallest absolute Gasteiger partial charge is 0.374 e. The van der Waals surface area contributed by atoms with Gasteiger partial charge < -0.3 is 14.6 Å². The van der Waals surface area contributed by atoms with E-state index in [4.69, 9.17) is 14.6 Å². The van der Waals surface area contributed by atoms with Crippen LogP contribution in [0, 0.1) is 6.92 Å². The Morgan fingerprint density at radius 1 is 1.37 bits per heavy atom. The van der Waals surface area contributed by atoms with Gasteiger partial charge in [-0.2, -0.15) is 10.1 Å². The molecule has 0 amide bonds. The summed E-state index contributed by atoms with van der Waals surface area (Å²) >= 11 is 0. The molecule has 0 aliphatic rings. The molecule has 2 aromatic rings. The zero-order chi connectivity index (χ0) is 14.2. The van der Waals surface area contributed by atoms with Crippen molar-refractivity contribution in [3.8, 4) is 11.6 Å². The van der Waals surface area contributed by atoms with Crippen LogP contribution < -0.4 is 0 Å². The third-order valence-electron chi connectivity index (χ3n) is 2.44. The second-order valence-electron chi connectivity index (χ2n) is 3.79. The van der Waals surface area contributed by atoms with Crippen LogP contribution in [0.5, 0.6) is 0 Å². The van der Waals surface area contributed by atoms with Crippen LogP contribution in [-0.2, 0) is 6.54 Å². The number of carboxylic acids is 2. The first-order chi connectivity index (χ1) is 8.93. The van der Waals surface area contributed by atoms with E-state index < -0.39 is 23.4 Å². The van der Waals surface area contributed by atoms with Gasteiger partial charge in [0.2, 0.25) is 17.3 Å². The molecule has 8 heteroatoms. The number of oxazole rings is 1. The largest absolute Gasteiger partial charge is 0.476 e. The van der Waals surface area contributed by atoms with Crippen molar-refractivity contribution in [1.29, 1.82) is 0 Å². The molecule has 0 bridgehead atoms. The Morgan fingerprint density at radius 3 is 2.53 bits per heavy atom. The Balaban J connectivity index is 2.60. The van der Waals surface area contributed by atoms with E-state index in [0.29, 0.717) is 17.9 Å². The minimum Gasteiger partial charge on any atom is -0.476 e. The topological polar surface area (TPSA) is 118 Å². The molecule has 100 valence electrons. The molecule has 2 aromatic heterocycles. The molecule has 0 aliphatic heterocycles. The fraction of sp³-hybridized carbons (Fsp3) is 0.273. The maximum atomic E-state index is 10.9.